The van der Waals surface area contributed by atoms with Crippen molar-refractivity contribution < 1.29 is 4.79 Å². The molecule has 1 atom stereocenters. The van der Waals surface area contributed by atoms with E-state index in [1.165, 1.54) is 11.6 Å². The van der Waals surface area contributed by atoms with E-state index < -0.39 is 6.04 Å². The zero-order chi connectivity index (χ0) is 15.6. The molecule has 6 heteroatoms. The minimum atomic E-state index is -0.597. The van der Waals surface area contributed by atoms with Crippen LogP contribution in [-0.4, -0.2) is 17.5 Å². The van der Waals surface area contributed by atoms with Gasteiger partial charge in [0.15, 0.2) is 0 Å². The van der Waals surface area contributed by atoms with Gasteiger partial charge in [0, 0.05) is 24.0 Å². The van der Waals surface area contributed by atoms with Crippen molar-refractivity contribution in [1.82, 2.24) is 9.88 Å². The predicted molar refractivity (Wildman–Crippen MR) is 81.6 cm³/mol. The van der Waals surface area contributed by atoms with E-state index >= 15 is 0 Å². The third-order valence-corrected chi connectivity index (χ3v) is 3.49. The summed E-state index contributed by atoms with van der Waals surface area (Å²) < 4.78 is 1.40. The Morgan fingerprint density at radius 1 is 1.24 bits per heavy atom. The van der Waals surface area contributed by atoms with Gasteiger partial charge in [0.25, 0.3) is 5.56 Å². The van der Waals surface area contributed by atoms with Crippen LogP contribution in [0.4, 0.5) is 5.69 Å². The fraction of sp³-hybridized carbons (Fsp3) is 0.333. The first kappa shape index (κ1) is 14.9. The summed E-state index contributed by atoms with van der Waals surface area (Å²) in [5.74, 6) is -0.274. The van der Waals surface area contributed by atoms with Crippen LogP contribution < -0.4 is 10.9 Å². The first-order valence-corrected chi connectivity index (χ1v) is 6.70. The Labute approximate surface area is 121 Å². The number of carbonyl (C=O) groups is 1. The van der Waals surface area contributed by atoms with Gasteiger partial charge in [-0.15, -0.1) is 4.91 Å². The van der Waals surface area contributed by atoms with Crippen molar-refractivity contribution >= 4 is 22.4 Å². The van der Waals surface area contributed by atoms with E-state index in [2.05, 4.69) is 10.5 Å². The summed E-state index contributed by atoms with van der Waals surface area (Å²) in [7, 11) is 1.54. The maximum Gasteiger partial charge on any atom is 0.259 e. The second kappa shape index (κ2) is 5.87. The van der Waals surface area contributed by atoms with Gasteiger partial charge in [-0.05, 0) is 29.3 Å². The average molecular weight is 287 g/mol. The van der Waals surface area contributed by atoms with Crippen LogP contribution >= 0.6 is 0 Å². The first-order chi connectivity index (χ1) is 10.0. The molecule has 2 rings (SSSR count). The summed E-state index contributed by atoms with van der Waals surface area (Å²) in [5.41, 5.74) is -0.0851. The molecule has 0 unspecified atom stereocenters. The van der Waals surface area contributed by atoms with Crippen LogP contribution in [0.3, 0.4) is 0 Å². The molecule has 1 aromatic carbocycles. The molecule has 1 amide bonds. The lowest BCUT2D eigenvalue weighted by Crippen LogP contribution is -2.38. The Balaban J connectivity index is 2.72. The highest BCUT2D eigenvalue weighted by atomic mass is 16.3. The molecule has 0 spiro atoms. The average Bonchev–Trinajstić information content (AvgIpc) is 2.48. The van der Waals surface area contributed by atoms with Crippen LogP contribution in [0.2, 0.25) is 0 Å². The van der Waals surface area contributed by atoms with Gasteiger partial charge >= 0.3 is 0 Å². The minimum absolute atomic E-state index is 0.0486. The van der Waals surface area contributed by atoms with Gasteiger partial charge < -0.3 is 9.88 Å². The molecular weight excluding hydrogens is 270 g/mol. The van der Waals surface area contributed by atoms with Gasteiger partial charge in [-0.2, -0.15) is 0 Å². The zero-order valence-electron chi connectivity index (χ0n) is 12.2. The quantitative estimate of drug-likeness (QED) is 0.876. The summed E-state index contributed by atoms with van der Waals surface area (Å²) >= 11 is 0. The molecule has 1 aromatic heterocycles. The number of nitrogens with one attached hydrogen (secondary N) is 1. The second-order valence-corrected chi connectivity index (χ2v) is 5.16. The van der Waals surface area contributed by atoms with Crippen molar-refractivity contribution in [3.8, 4) is 0 Å². The summed E-state index contributed by atoms with van der Waals surface area (Å²) in [6, 6.07) is 5.84. The smallest absolute Gasteiger partial charge is 0.259 e. The SMILES string of the molecule is CNC(=O)[C@@H](C(C)C)n1ccc2c(N=O)cccc2c1=O. The number of hydrogen-bond donors (Lipinski definition) is 1. The second-order valence-electron chi connectivity index (χ2n) is 5.16. The molecule has 0 aliphatic heterocycles. The van der Waals surface area contributed by atoms with Gasteiger partial charge in [0.1, 0.15) is 11.7 Å². The number of likely N-dealkylation sites (N-methyl/N-ethyl adjacent to an activating group) is 1. The Hall–Kier alpha value is -2.50. The van der Waals surface area contributed by atoms with Gasteiger partial charge in [0.05, 0.1) is 0 Å². The number of carbonyl (C=O) groups excluding carboxylic acids is 1. The van der Waals surface area contributed by atoms with Crippen LogP contribution in [-0.2, 0) is 4.79 Å². The van der Waals surface area contributed by atoms with Gasteiger partial charge in [0.2, 0.25) is 5.91 Å². The summed E-state index contributed by atoms with van der Waals surface area (Å²) in [4.78, 5) is 35.4. The maximum absolute atomic E-state index is 12.6. The fourth-order valence-electron chi connectivity index (χ4n) is 2.47. The standard InChI is InChI=1S/C15H17N3O3/c1-9(2)13(14(19)16-3)18-8-7-10-11(15(18)20)5-4-6-12(10)17-21/h4-9,13H,1-3H3,(H,16,19)/t13-/m1/s1. The van der Waals surface area contributed by atoms with Crippen LogP contribution in [0, 0.1) is 10.8 Å². The topological polar surface area (TPSA) is 80.5 Å². The van der Waals surface area contributed by atoms with Crippen LogP contribution in [0.15, 0.2) is 40.4 Å². The van der Waals surface area contributed by atoms with E-state index in [4.69, 9.17) is 0 Å². The van der Waals surface area contributed by atoms with E-state index in [1.807, 2.05) is 13.8 Å². The van der Waals surface area contributed by atoms with Gasteiger partial charge in [-0.1, -0.05) is 19.9 Å². The molecule has 1 N–H and O–H groups in total. The molecule has 0 bridgehead atoms. The van der Waals surface area contributed by atoms with Gasteiger partial charge in [-0.3, -0.25) is 9.59 Å². The van der Waals surface area contributed by atoms with Crippen molar-refractivity contribution in [3.63, 3.8) is 0 Å². The summed E-state index contributed by atoms with van der Waals surface area (Å²) in [6.07, 6.45) is 1.54. The Morgan fingerprint density at radius 3 is 2.52 bits per heavy atom. The Bertz CT molecular complexity index is 749. The van der Waals surface area contributed by atoms with Crippen LogP contribution in [0.5, 0.6) is 0 Å². The predicted octanol–water partition coefficient (Wildman–Crippen LogP) is 2.34. The zero-order valence-corrected chi connectivity index (χ0v) is 12.2. The number of benzene rings is 1. The van der Waals surface area contributed by atoms with Crippen molar-refractivity contribution in [2.45, 2.75) is 19.9 Å². The molecule has 2 aromatic rings. The maximum atomic E-state index is 12.6. The number of hydrogen-bond acceptors (Lipinski definition) is 4. The highest BCUT2D eigenvalue weighted by molar-refractivity contribution is 5.92. The van der Waals surface area contributed by atoms with E-state index in [9.17, 15) is 14.5 Å². The number of aromatic nitrogens is 1. The molecule has 1 heterocycles. The lowest BCUT2D eigenvalue weighted by atomic mass is 10.0. The highest BCUT2D eigenvalue weighted by Gasteiger charge is 2.24. The molecule has 0 aliphatic rings. The third-order valence-electron chi connectivity index (χ3n) is 3.49. The van der Waals surface area contributed by atoms with E-state index in [1.54, 1.807) is 30.5 Å². The third kappa shape index (κ3) is 2.56. The molecular formula is C15H17N3O3. The number of pyridine rings is 1. The highest BCUT2D eigenvalue weighted by Crippen LogP contribution is 2.25. The van der Waals surface area contributed by atoms with Crippen molar-refractivity contribution in [2.75, 3.05) is 7.05 Å². The molecule has 0 fully saturated rings. The van der Waals surface area contributed by atoms with Crippen LogP contribution in [0.1, 0.15) is 19.9 Å². The molecule has 0 saturated heterocycles. The number of nitrogens with zero attached hydrogens (tertiary/aromatic N) is 2. The molecule has 0 saturated carbocycles. The monoisotopic (exact) mass is 287 g/mol. The number of amides is 1. The Kier molecular flexibility index (Phi) is 4.16. The van der Waals surface area contributed by atoms with Crippen molar-refractivity contribution in [2.24, 2.45) is 11.1 Å². The summed E-state index contributed by atoms with van der Waals surface area (Å²) in [5, 5.41) is 6.37. The number of nitroso groups, excluding NO2 is 1. The first-order valence-electron chi connectivity index (χ1n) is 6.70. The Morgan fingerprint density at radius 2 is 1.95 bits per heavy atom. The largest absolute Gasteiger partial charge is 0.357 e. The molecule has 0 aliphatic carbocycles. The van der Waals surface area contributed by atoms with Crippen LogP contribution in [0.25, 0.3) is 10.8 Å². The van der Waals surface area contributed by atoms with E-state index in [0.29, 0.717) is 10.8 Å². The molecule has 0 radical (unpaired) electrons. The fourth-order valence-corrected chi connectivity index (χ4v) is 2.47. The lowest BCUT2D eigenvalue weighted by molar-refractivity contribution is -0.125. The van der Waals surface area contributed by atoms with Gasteiger partial charge in [-0.25, -0.2) is 0 Å². The van der Waals surface area contributed by atoms with E-state index in [-0.39, 0.29) is 23.1 Å². The molecule has 110 valence electrons. The van der Waals surface area contributed by atoms with Crippen molar-refractivity contribution in [3.05, 3.63) is 45.7 Å². The number of fused-ring (bicyclic) bond motifs is 1. The molecule has 21 heavy (non-hydrogen) atoms. The van der Waals surface area contributed by atoms with E-state index in [0.717, 1.165) is 0 Å². The summed E-state index contributed by atoms with van der Waals surface area (Å²) in [6.45, 7) is 3.75. The number of rotatable bonds is 4. The molecule has 6 nitrogen and oxygen atoms in total. The minimum Gasteiger partial charge on any atom is -0.357 e. The lowest BCUT2D eigenvalue weighted by Gasteiger charge is -2.22. The van der Waals surface area contributed by atoms with Crippen molar-refractivity contribution in [1.29, 1.82) is 0 Å². The normalized spacial score (nSPS) is 12.4.